The lowest BCUT2D eigenvalue weighted by Crippen LogP contribution is -2.33. The van der Waals surface area contributed by atoms with Crippen LogP contribution in [-0.4, -0.2) is 35.0 Å². The summed E-state index contributed by atoms with van der Waals surface area (Å²) in [5.41, 5.74) is 8.33. The molecule has 0 aliphatic rings. The number of rotatable bonds is 10. The lowest BCUT2D eigenvalue weighted by atomic mass is 9.98. The molecule has 7 nitrogen and oxygen atoms in total. The van der Waals surface area contributed by atoms with Crippen molar-refractivity contribution in [3.8, 4) is 5.75 Å². The summed E-state index contributed by atoms with van der Waals surface area (Å²) in [6.45, 7) is 0.760. The normalized spacial score (nSPS) is 11.9. The first-order chi connectivity index (χ1) is 14.6. The van der Waals surface area contributed by atoms with E-state index in [1.165, 1.54) is 0 Å². The number of hydrogen-bond acceptors (Lipinski definition) is 4. The number of hydrogen-bond donors (Lipinski definition) is 5. The van der Waals surface area contributed by atoms with E-state index in [0.29, 0.717) is 25.8 Å². The summed E-state index contributed by atoms with van der Waals surface area (Å²) < 4.78 is 0. The highest BCUT2D eigenvalue weighted by molar-refractivity contribution is 5.85. The van der Waals surface area contributed by atoms with Crippen LogP contribution in [0.15, 0.2) is 54.7 Å². The smallest absolute Gasteiger partial charge is 0.222 e. The van der Waals surface area contributed by atoms with Gasteiger partial charge in [0.25, 0.3) is 0 Å². The Morgan fingerprint density at radius 1 is 1.07 bits per heavy atom. The number of H-pyrrole nitrogens is 1. The van der Waals surface area contributed by atoms with E-state index in [1.807, 2.05) is 42.6 Å². The first-order valence-electron chi connectivity index (χ1n) is 10.2. The lowest BCUT2D eigenvalue weighted by Gasteiger charge is -2.19. The Morgan fingerprint density at radius 2 is 1.87 bits per heavy atom. The zero-order valence-corrected chi connectivity index (χ0v) is 16.9. The molecule has 1 heterocycles. The molecule has 2 aromatic carbocycles. The number of nitrogens with two attached hydrogens (primary N) is 1. The maximum Gasteiger partial charge on any atom is 0.222 e. The van der Waals surface area contributed by atoms with E-state index in [-0.39, 0.29) is 36.6 Å². The highest BCUT2D eigenvalue weighted by Gasteiger charge is 2.17. The number of benzene rings is 2. The summed E-state index contributed by atoms with van der Waals surface area (Å²) in [5, 5.41) is 16.6. The fourth-order valence-electron chi connectivity index (χ4n) is 3.43. The van der Waals surface area contributed by atoms with Crippen LogP contribution in [-0.2, 0) is 16.0 Å². The average Bonchev–Trinajstić information content (AvgIpc) is 3.14. The van der Waals surface area contributed by atoms with Crippen LogP contribution < -0.4 is 16.4 Å². The summed E-state index contributed by atoms with van der Waals surface area (Å²) in [4.78, 5) is 27.4. The summed E-state index contributed by atoms with van der Waals surface area (Å²) in [6.07, 6.45) is 3.69. The zero-order valence-electron chi connectivity index (χ0n) is 16.9. The number of aromatic amines is 1. The summed E-state index contributed by atoms with van der Waals surface area (Å²) >= 11 is 0. The van der Waals surface area contributed by atoms with Crippen LogP contribution in [0.3, 0.4) is 0 Å². The molecule has 2 amide bonds. The predicted molar refractivity (Wildman–Crippen MR) is 117 cm³/mol. The number of phenolic OH excluding ortho intramolecular Hbond substituents is 1. The zero-order chi connectivity index (χ0) is 21.3. The van der Waals surface area contributed by atoms with Gasteiger partial charge in [-0.1, -0.05) is 30.3 Å². The van der Waals surface area contributed by atoms with Crippen molar-refractivity contribution in [2.75, 3.05) is 13.1 Å². The monoisotopic (exact) mass is 408 g/mol. The molecule has 30 heavy (non-hydrogen) atoms. The van der Waals surface area contributed by atoms with Crippen LogP contribution in [0.4, 0.5) is 0 Å². The standard InChI is InChI=1S/C23H28N4O3/c24-11-4-7-22(29)25-12-10-23(30)27-21(16-5-2-1-3-6-16)13-17-15-26-20-9-8-18(28)14-19(17)20/h1-3,5-6,8-9,14-15,21,26,28H,4,7,10-13,24H2,(H,25,29)(H,27,30). The fourth-order valence-corrected chi connectivity index (χ4v) is 3.43. The SMILES string of the molecule is NCCCC(=O)NCCC(=O)NC(Cc1c[nH]c2ccc(O)cc12)c1ccccc1. The maximum atomic E-state index is 12.5. The molecule has 1 unspecified atom stereocenters. The molecular formula is C23H28N4O3. The highest BCUT2D eigenvalue weighted by atomic mass is 16.3. The van der Waals surface area contributed by atoms with E-state index in [2.05, 4.69) is 15.6 Å². The number of aromatic nitrogens is 1. The molecule has 1 atom stereocenters. The van der Waals surface area contributed by atoms with Crippen molar-refractivity contribution in [1.82, 2.24) is 15.6 Å². The van der Waals surface area contributed by atoms with Gasteiger partial charge in [-0.2, -0.15) is 0 Å². The topological polar surface area (TPSA) is 120 Å². The first-order valence-corrected chi connectivity index (χ1v) is 10.2. The Kier molecular flexibility index (Phi) is 7.45. The van der Waals surface area contributed by atoms with Gasteiger partial charge in [-0.15, -0.1) is 0 Å². The van der Waals surface area contributed by atoms with Crippen molar-refractivity contribution in [3.63, 3.8) is 0 Å². The van der Waals surface area contributed by atoms with Gasteiger partial charge in [0.2, 0.25) is 11.8 Å². The van der Waals surface area contributed by atoms with Crippen LogP contribution in [0.2, 0.25) is 0 Å². The van der Waals surface area contributed by atoms with Crippen LogP contribution in [0.1, 0.15) is 36.4 Å². The minimum atomic E-state index is -0.229. The van der Waals surface area contributed by atoms with E-state index in [1.54, 1.807) is 12.1 Å². The second-order valence-electron chi connectivity index (χ2n) is 7.27. The van der Waals surface area contributed by atoms with E-state index in [4.69, 9.17) is 5.73 Å². The molecule has 3 aromatic rings. The first kappa shape index (κ1) is 21.4. The number of carbonyl (C=O) groups is 2. The molecule has 0 saturated carbocycles. The Morgan fingerprint density at radius 3 is 2.63 bits per heavy atom. The largest absolute Gasteiger partial charge is 0.508 e. The van der Waals surface area contributed by atoms with Gasteiger partial charge in [-0.3, -0.25) is 9.59 Å². The molecule has 3 rings (SSSR count). The molecule has 6 N–H and O–H groups in total. The van der Waals surface area contributed by atoms with Gasteiger partial charge in [0.1, 0.15) is 5.75 Å². The van der Waals surface area contributed by atoms with Crippen LogP contribution in [0.5, 0.6) is 5.75 Å². The number of fused-ring (bicyclic) bond motifs is 1. The molecule has 0 spiro atoms. The number of amides is 2. The molecule has 0 fully saturated rings. The minimum absolute atomic E-state index is 0.0912. The number of nitrogens with one attached hydrogen (secondary N) is 3. The van der Waals surface area contributed by atoms with E-state index in [9.17, 15) is 14.7 Å². The van der Waals surface area contributed by atoms with Crippen molar-refractivity contribution in [2.45, 2.75) is 31.7 Å². The van der Waals surface area contributed by atoms with Gasteiger partial charge in [0.15, 0.2) is 0 Å². The average molecular weight is 409 g/mol. The third-order valence-electron chi connectivity index (χ3n) is 4.99. The number of carbonyl (C=O) groups excluding carboxylic acids is 2. The van der Waals surface area contributed by atoms with Gasteiger partial charge in [0.05, 0.1) is 6.04 Å². The lowest BCUT2D eigenvalue weighted by molar-refractivity contribution is -0.122. The van der Waals surface area contributed by atoms with Crippen LogP contribution >= 0.6 is 0 Å². The number of phenols is 1. The Labute approximate surface area is 175 Å². The Hall–Kier alpha value is -3.32. The highest BCUT2D eigenvalue weighted by Crippen LogP contribution is 2.27. The van der Waals surface area contributed by atoms with Crippen LogP contribution in [0, 0.1) is 0 Å². The van der Waals surface area contributed by atoms with E-state index >= 15 is 0 Å². The second kappa shape index (κ2) is 10.5. The summed E-state index contributed by atoms with van der Waals surface area (Å²) in [5.74, 6) is -0.0221. The Balaban J connectivity index is 1.67. The van der Waals surface area contributed by atoms with Gasteiger partial charge >= 0.3 is 0 Å². The van der Waals surface area contributed by atoms with Crippen molar-refractivity contribution in [1.29, 1.82) is 0 Å². The molecular weight excluding hydrogens is 380 g/mol. The van der Waals surface area contributed by atoms with Gasteiger partial charge in [-0.05, 0) is 48.7 Å². The van der Waals surface area contributed by atoms with E-state index in [0.717, 1.165) is 22.0 Å². The van der Waals surface area contributed by atoms with Crippen molar-refractivity contribution in [2.24, 2.45) is 5.73 Å². The number of aromatic hydroxyl groups is 1. The maximum absolute atomic E-state index is 12.5. The molecule has 0 aliphatic heterocycles. The summed E-state index contributed by atoms with van der Waals surface area (Å²) in [7, 11) is 0. The van der Waals surface area contributed by atoms with Gasteiger partial charge in [-0.25, -0.2) is 0 Å². The third kappa shape index (κ3) is 5.84. The molecule has 1 aromatic heterocycles. The molecule has 0 saturated heterocycles. The quantitative estimate of drug-likeness (QED) is 0.354. The molecule has 0 bridgehead atoms. The molecule has 7 heteroatoms. The van der Waals surface area contributed by atoms with Crippen molar-refractivity contribution >= 4 is 22.7 Å². The van der Waals surface area contributed by atoms with Crippen molar-refractivity contribution in [3.05, 3.63) is 65.9 Å². The second-order valence-corrected chi connectivity index (χ2v) is 7.27. The third-order valence-corrected chi connectivity index (χ3v) is 4.99. The minimum Gasteiger partial charge on any atom is -0.508 e. The predicted octanol–water partition coefficient (Wildman–Crippen LogP) is 2.52. The summed E-state index contributed by atoms with van der Waals surface area (Å²) in [6, 6.07) is 14.7. The molecule has 0 aliphatic carbocycles. The fraction of sp³-hybridized carbons (Fsp3) is 0.304. The van der Waals surface area contributed by atoms with Gasteiger partial charge < -0.3 is 26.5 Å². The van der Waals surface area contributed by atoms with Crippen LogP contribution in [0.25, 0.3) is 10.9 Å². The van der Waals surface area contributed by atoms with Gasteiger partial charge in [0, 0.05) is 36.5 Å². The van der Waals surface area contributed by atoms with Crippen molar-refractivity contribution < 1.29 is 14.7 Å². The Bertz CT molecular complexity index is 985. The molecule has 0 radical (unpaired) electrons. The van der Waals surface area contributed by atoms with E-state index < -0.39 is 0 Å². The molecule has 158 valence electrons.